The number of pyridine rings is 1. The lowest BCUT2D eigenvalue weighted by Gasteiger charge is -2.45. The Morgan fingerprint density at radius 3 is 1.16 bits per heavy atom. The number of para-hydroxylation sites is 2. The van der Waals surface area contributed by atoms with Crippen molar-refractivity contribution in [2.75, 3.05) is 9.80 Å². The molecule has 4 heteroatoms. The molecule has 0 aliphatic carbocycles. The number of benzene rings is 5. The molecule has 2 aliphatic rings. The zero-order chi connectivity index (χ0) is 39.2. The van der Waals surface area contributed by atoms with Crippen LogP contribution in [-0.4, -0.2) is 11.7 Å². The predicted molar refractivity (Wildman–Crippen MR) is 238 cm³/mol. The minimum Gasteiger partial charge on any atom is -0.311 e. The second-order valence-corrected chi connectivity index (χ2v) is 19.9. The number of anilines is 6. The molecule has 5 aromatic carbocycles. The summed E-state index contributed by atoms with van der Waals surface area (Å²) in [5.41, 5.74) is 18.5. The van der Waals surface area contributed by atoms with E-state index in [2.05, 4.69) is 202 Å². The number of hydrogen-bond donors (Lipinski definition) is 0. The zero-order valence-corrected chi connectivity index (χ0v) is 35.0. The summed E-state index contributed by atoms with van der Waals surface area (Å²) in [6, 6.07) is 43.8. The third-order valence-electron chi connectivity index (χ3n) is 11.7. The van der Waals surface area contributed by atoms with Crippen molar-refractivity contribution < 1.29 is 0 Å². The third kappa shape index (κ3) is 6.48. The Hall–Kier alpha value is -5.09. The van der Waals surface area contributed by atoms with Crippen LogP contribution in [0.15, 0.2) is 121 Å². The van der Waals surface area contributed by atoms with Crippen molar-refractivity contribution >= 4 is 57.2 Å². The summed E-state index contributed by atoms with van der Waals surface area (Å²) in [6.07, 6.45) is 1.91. The number of fused-ring (bicyclic) bond motifs is 4. The Morgan fingerprint density at radius 2 is 0.800 bits per heavy atom. The molecule has 0 unspecified atom stereocenters. The molecular weight excluding hydrogens is 665 g/mol. The van der Waals surface area contributed by atoms with Gasteiger partial charge in [-0.05, 0) is 121 Å². The van der Waals surface area contributed by atoms with Gasteiger partial charge in [0.2, 0.25) is 0 Å². The smallest absolute Gasteiger partial charge is 0.252 e. The largest absolute Gasteiger partial charge is 0.311 e. The third-order valence-corrected chi connectivity index (χ3v) is 11.7. The molecule has 8 rings (SSSR count). The Bertz CT molecular complexity index is 2220. The highest BCUT2D eigenvalue weighted by Crippen LogP contribution is 2.48. The van der Waals surface area contributed by atoms with Crippen LogP contribution in [0.1, 0.15) is 105 Å². The van der Waals surface area contributed by atoms with Crippen molar-refractivity contribution in [2.45, 2.75) is 105 Å². The molecule has 3 nitrogen and oxygen atoms in total. The van der Waals surface area contributed by atoms with Gasteiger partial charge in [0.15, 0.2) is 0 Å². The highest BCUT2D eigenvalue weighted by atomic mass is 15.2. The van der Waals surface area contributed by atoms with E-state index in [0.29, 0.717) is 0 Å². The highest BCUT2D eigenvalue weighted by molar-refractivity contribution is 7.00. The van der Waals surface area contributed by atoms with Crippen LogP contribution in [-0.2, 0) is 21.7 Å². The number of rotatable bonds is 3. The van der Waals surface area contributed by atoms with Gasteiger partial charge in [-0.1, -0.05) is 138 Å². The fourth-order valence-electron chi connectivity index (χ4n) is 8.35. The molecule has 6 aromatic rings. The van der Waals surface area contributed by atoms with Crippen molar-refractivity contribution in [3.63, 3.8) is 0 Å². The van der Waals surface area contributed by atoms with E-state index in [0.717, 1.165) is 11.3 Å². The van der Waals surface area contributed by atoms with E-state index in [4.69, 9.17) is 4.98 Å². The van der Waals surface area contributed by atoms with Crippen LogP contribution in [0.5, 0.6) is 0 Å². The van der Waals surface area contributed by atoms with E-state index in [1.54, 1.807) is 0 Å². The molecule has 0 atom stereocenters. The van der Waals surface area contributed by atoms with Gasteiger partial charge >= 0.3 is 0 Å². The molecule has 0 fully saturated rings. The Labute approximate surface area is 330 Å². The maximum Gasteiger partial charge on any atom is 0.252 e. The molecule has 0 saturated heterocycles. The Kier molecular flexibility index (Phi) is 8.54. The standard InChI is InChI=1S/C51H56BN3/c1-48(2,3)34-27-35(49(4,5)6)30-38(29-34)54-43-22-15-13-19-40(43)52-41-20-14-16-23-44(41)55(39-31-36(50(7,8)9)28-37(32-39)51(10,11)12)46-26-33(25-45(54)47(46)52)42-21-17-18-24-53-42/h13-32H,1-12H3. The van der Waals surface area contributed by atoms with Crippen molar-refractivity contribution in [3.8, 4) is 11.3 Å². The number of hydrogen-bond acceptors (Lipinski definition) is 3. The molecule has 278 valence electrons. The number of aromatic nitrogens is 1. The monoisotopic (exact) mass is 721 g/mol. The average molecular weight is 722 g/mol. The second kappa shape index (κ2) is 12.7. The molecule has 0 N–H and O–H groups in total. The summed E-state index contributed by atoms with van der Waals surface area (Å²) in [5.74, 6) is 0. The number of nitrogens with zero attached hydrogens (tertiary/aromatic N) is 3. The average Bonchev–Trinajstić information content (AvgIpc) is 3.13. The Morgan fingerprint density at radius 1 is 0.418 bits per heavy atom. The molecule has 3 heterocycles. The van der Waals surface area contributed by atoms with Crippen LogP contribution >= 0.6 is 0 Å². The van der Waals surface area contributed by atoms with Crippen molar-refractivity contribution in [3.05, 3.63) is 144 Å². The van der Waals surface area contributed by atoms with Gasteiger partial charge in [0.1, 0.15) is 0 Å². The predicted octanol–water partition coefficient (Wildman–Crippen LogP) is 12.0. The highest BCUT2D eigenvalue weighted by Gasteiger charge is 2.44. The van der Waals surface area contributed by atoms with Crippen LogP contribution in [0.25, 0.3) is 11.3 Å². The van der Waals surface area contributed by atoms with Crippen LogP contribution < -0.4 is 26.2 Å². The van der Waals surface area contributed by atoms with Crippen LogP contribution in [0.3, 0.4) is 0 Å². The molecule has 0 spiro atoms. The van der Waals surface area contributed by atoms with E-state index in [9.17, 15) is 0 Å². The first-order chi connectivity index (χ1) is 25.8. The van der Waals surface area contributed by atoms with E-state index in [-0.39, 0.29) is 28.4 Å². The van der Waals surface area contributed by atoms with Crippen LogP contribution in [0, 0.1) is 0 Å². The summed E-state index contributed by atoms with van der Waals surface area (Å²) in [5, 5.41) is 0. The second-order valence-electron chi connectivity index (χ2n) is 19.9. The topological polar surface area (TPSA) is 19.4 Å². The van der Waals surface area contributed by atoms with Gasteiger partial charge < -0.3 is 9.80 Å². The molecule has 0 amide bonds. The van der Waals surface area contributed by atoms with Gasteiger partial charge in [-0.2, -0.15) is 0 Å². The van der Waals surface area contributed by atoms with Gasteiger partial charge in [-0.15, -0.1) is 0 Å². The Balaban J connectivity index is 1.51. The molecule has 2 aliphatic heterocycles. The lowest BCUT2D eigenvalue weighted by atomic mass is 9.33. The summed E-state index contributed by atoms with van der Waals surface area (Å²) < 4.78 is 0. The van der Waals surface area contributed by atoms with E-state index in [1.165, 1.54) is 72.8 Å². The summed E-state index contributed by atoms with van der Waals surface area (Å²) in [7, 11) is 0. The molecule has 55 heavy (non-hydrogen) atoms. The maximum absolute atomic E-state index is 4.94. The van der Waals surface area contributed by atoms with Crippen molar-refractivity contribution in [1.82, 2.24) is 4.98 Å². The van der Waals surface area contributed by atoms with Gasteiger partial charge in [-0.3, -0.25) is 4.98 Å². The lowest BCUT2D eigenvalue weighted by molar-refractivity contribution is 0.568. The van der Waals surface area contributed by atoms with E-state index < -0.39 is 0 Å². The van der Waals surface area contributed by atoms with E-state index >= 15 is 0 Å². The minimum atomic E-state index is -0.0261. The first-order valence-corrected chi connectivity index (χ1v) is 20.0. The summed E-state index contributed by atoms with van der Waals surface area (Å²) in [6.45, 7) is 28.0. The van der Waals surface area contributed by atoms with Crippen LogP contribution in [0.2, 0.25) is 0 Å². The quantitative estimate of drug-likeness (QED) is 0.169. The molecule has 0 saturated carbocycles. The SMILES string of the molecule is CC(C)(C)c1cc(N2c3ccccc3B3c4ccccc4N(c4cc(C(C)(C)C)cc(C(C)(C)C)c4)c4cc(-c5ccccn5)cc2c43)cc(C(C)(C)C)c1. The van der Waals surface area contributed by atoms with Gasteiger partial charge in [0, 0.05) is 45.9 Å². The van der Waals surface area contributed by atoms with Gasteiger partial charge in [0.25, 0.3) is 6.71 Å². The molecule has 0 radical (unpaired) electrons. The summed E-state index contributed by atoms with van der Waals surface area (Å²) in [4.78, 5) is 10.1. The van der Waals surface area contributed by atoms with Gasteiger partial charge in [0.05, 0.1) is 5.69 Å². The normalized spacial score (nSPS) is 14.1. The van der Waals surface area contributed by atoms with Crippen molar-refractivity contribution in [1.29, 1.82) is 0 Å². The molecule has 1 aromatic heterocycles. The van der Waals surface area contributed by atoms with Gasteiger partial charge in [-0.25, -0.2) is 0 Å². The minimum absolute atomic E-state index is 0.0261. The van der Waals surface area contributed by atoms with Crippen LogP contribution in [0.4, 0.5) is 34.1 Å². The maximum atomic E-state index is 4.94. The fraction of sp³-hybridized carbons (Fsp3) is 0.314. The fourth-order valence-corrected chi connectivity index (χ4v) is 8.35. The molecular formula is C51H56BN3. The van der Waals surface area contributed by atoms with E-state index in [1.807, 2.05) is 12.3 Å². The first kappa shape index (κ1) is 36.9. The first-order valence-electron chi connectivity index (χ1n) is 20.0. The molecule has 0 bridgehead atoms. The summed E-state index contributed by atoms with van der Waals surface area (Å²) >= 11 is 0. The lowest BCUT2D eigenvalue weighted by Crippen LogP contribution is -2.61. The zero-order valence-electron chi connectivity index (χ0n) is 35.0. The van der Waals surface area contributed by atoms with Crippen molar-refractivity contribution in [2.24, 2.45) is 0 Å².